The van der Waals surface area contributed by atoms with Crippen LogP contribution in [-0.2, 0) is 6.42 Å². The minimum Gasteiger partial charge on any atom is -0.260 e. The van der Waals surface area contributed by atoms with Crippen LogP contribution in [0.3, 0.4) is 0 Å². The largest absolute Gasteiger partial charge is 0.260 e. The van der Waals surface area contributed by atoms with Crippen LogP contribution < -0.4 is 0 Å². The van der Waals surface area contributed by atoms with Gasteiger partial charge in [-0.2, -0.15) is 0 Å². The SMILES string of the molecule is Cc1cc(C[C@@H](C)C2CC2)ncc1Br. The number of rotatable bonds is 3. The third-order valence-electron chi connectivity index (χ3n) is 3.06. The van der Waals surface area contributed by atoms with Gasteiger partial charge in [-0.1, -0.05) is 6.92 Å². The first-order chi connectivity index (χ1) is 6.66. The van der Waals surface area contributed by atoms with E-state index in [1.165, 1.54) is 24.1 Å². The van der Waals surface area contributed by atoms with E-state index in [9.17, 15) is 0 Å². The Hall–Kier alpha value is -0.370. The highest BCUT2D eigenvalue weighted by Gasteiger charge is 2.27. The summed E-state index contributed by atoms with van der Waals surface area (Å²) < 4.78 is 1.11. The van der Waals surface area contributed by atoms with Gasteiger partial charge < -0.3 is 0 Å². The highest BCUT2D eigenvalue weighted by molar-refractivity contribution is 9.10. The van der Waals surface area contributed by atoms with Crippen LogP contribution in [-0.4, -0.2) is 4.98 Å². The van der Waals surface area contributed by atoms with Crippen LogP contribution >= 0.6 is 15.9 Å². The summed E-state index contributed by atoms with van der Waals surface area (Å²) in [5.41, 5.74) is 2.53. The summed E-state index contributed by atoms with van der Waals surface area (Å²) in [4.78, 5) is 4.44. The van der Waals surface area contributed by atoms with Gasteiger partial charge in [0.2, 0.25) is 0 Å². The van der Waals surface area contributed by atoms with Crippen molar-refractivity contribution in [2.24, 2.45) is 11.8 Å². The maximum atomic E-state index is 4.44. The minimum atomic E-state index is 0.808. The summed E-state index contributed by atoms with van der Waals surface area (Å²) in [6, 6.07) is 2.20. The van der Waals surface area contributed by atoms with Crippen molar-refractivity contribution in [3.8, 4) is 0 Å². The van der Waals surface area contributed by atoms with Crippen molar-refractivity contribution >= 4 is 15.9 Å². The van der Waals surface area contributed by atoms with Crippen molar-refractivity contribution < 1.29 is 0 Å². The molecule has 2 heteroatoms. The van der Waals surface area contributed by atoms with Crippen molar-refractivity contribution in [1.82, 2.24) is 4.98 Å². The fraction of sp³-hybridized carbons (Fsp3) is 0.583. The third-order valence-corrected chi connectivity index (χ3v) is 3.89. The molecule has 1 aliphatic rings. The van der Waals surface area contributed by atoms with Crippen molar-refractivity contribution in [2.75, 3.05) is 0 Å². The Balaban J connectivity index is 2.04. The molecule has 1 saturated carbocycles. The smallest absolute Gasteiger partial charge is 0.0416 e. The lowest BCUT2D eigenvalue weighted by Gasteiger charge is -2.09. The average molecular weight is 254 g/mol. The van der Waals surface area contributed by atoms with Gasteiger partial charge in [0, 0.05) is 16.4 Å². The van der Waals surface area contributed by atoms with E-state index in [4.69, 9.17) is 0 Å². The Labute approximate surface area is 94.1 Å². The molecule has 1 aromatic rings. The molecule has 1 nitrogen and oxygen atoms in total. The van der Waals surface area contributed by atoms with E-state index in [1.54, 1.807) is 0 Å². The van der Waals surface area contributed by atoms with Gasteiger partial charge in [0.05, 0.1) is 0 Å². The zero-order chi connectivity index (χ0) is 10.1. The Morgan fingerprint density at radius 2 is 2.29 bits per heavy atom. The van der Waals surface area contributed by atoms with Gasteiger partial charge in [-0.25, -0.2) is 0 Å². The van der Waals surface area contributed by atoms with Gasteiger partial charge in [0.25, 0.3) is 0 Å². The monoisotopic (exact) mass is 253 g/mol. The summed E-state index contributed by atoms with van der Waals surface area (Å²) in [7, 11) is 0. The van der Waals surface area contributed by atoms with Crippen molar-refractivity contribution in [1.29, 1.82) is 0 Å². The third kappa shape index (κ3) is 2.35. The second kappa shape index (κ2) is 4.01. The molecule has 1 fully saturated rings. The molecule has 0 aliphatic heterocycles. The van der Waals surface area contributed by atoms with E-state index in [2.05, 4.69) is 40.8 Å². The predicted molar refractivity (Wildman–Crippen MR) is 62.3 cm³/mol. The maximum absolute atomic E-state index is 4.44. The second-order valence-corrected chi connectivity index (χ2v) is 5.30. The zero-order valence-electron chi connectivity index (χ0n) is 8.76. The van der Waals surface area contributed by atoms with Crippen LogP contribution in [0.1, 0.15) is 31.0 Å². The quantitative estimate of drug-likeness (QED) is 0.800. The summed E-state index contributed by atoms with van der Waals surface area (Å²) in [6.07, 6.45) is 5.91. The number of pyridine rings is 1. The topological polar surface area (TPSA) is 12.9 Å². The highest BCUT2D eigenvalue weighted by Crippen LogP contribution is 2.38. The van der Waals surface area contributed by atoms with E-state index < -0.39 is 0 Å². The second-order valence-electron chi connectivity index (χ2n) is 4.44. The maximum Gasteiger partial charge on any atom is 0.0416 e. The fourth-order valence-corrected chi connectivity index (χ4v) is 2.09. The molecular weight excluding hydrogens is 238 g/mol. The number of aryl methyl sites for hydroxylation is 1. The normalized spacial score (nSPS) is 18.2. The standard InChI is InChI=1S/C12H16BrN/c1-8(10-3-4-10)5-11-6-9(2)12(13)7-14-11/h6-8,10H,3-5H2,1-2H3/t8-/m1/s1. The fourth-order valence-electron chi connectivity index (χ4n) is 1.87. The number of hydrogen-bond donors (Lipinski definition) is 0. The molecule has 0 amide bonds. The van der Waals surface area contributed by atoms with Gasteiger partial charge in [-0.3, -0.25) is 4.98 Å². The Morgan fingerprint density at radius 1 is 1.57 bits per heavy atom. The molecule has 0 spiro atoms. The number of halogens is 1. The van der Waals surface area contributed by atoms with Gasteiger partial charge in [0.1, 0.15) is 0 Å². The minimum absolute atomic E-state index is 0.808. The van der Waals surface area contributed by atoms with Crippen molar-refractivity contribution in [3.63, 3.8) is 0 Å². The number of hydrogen-bond acceptors (Lipinski definition) is 1. The van der Waals surface area contributed by atoms with E-state index >= 15 is 0 Å². The zero-order valence-corrected chi connectivity index (χ0v) is 10.3. The van der Waals surface area contributed by atoms with Crippen LogP contribution in [0.25, 0.3) is 0 Å². The van der Waals surface area contributed by atoms with Gasteiger partial charge in [-0.15, -0.1) is 0 Å². The van der Waals surface area contributed by atoms with Crippen LogP contribution in [0.15, 0.2) is 16.7 Å². The first-order valence-corrected chi connectivity index (χ1v) is 6.07. The molecule has 1 aliphatic carbocycles. The summed E-state index contributed by atoms with van der Waals surface area (Å²) in [6.45, 7) is 4.47. The van der Waals surface area contributed by atoms with E-state index in [1.807, 2.05) is 6.20 Å². The van der Waals surface area contributed by atoms with Crippen LogP contribution in [0.4, 0.5) is 0 Å². The first kappa shape index (κ1) is 10.2. The van der Waals surface area contributed by atoms with Crippen LogP contribution in [0.5, 0.6) is 0 Å². The van der Waals surface area contributed by atoms with Gasteiger partial charge in [-0.05, 0) is 65.6 Å². The molecule has 0 aromatic carbocycles. The van der Waals surface area contributed by atoms with Crippen molar-refractivity contribution in [3.05, 3.63) is 28.0 Å². The lowest BCUT2D eigenvalue weighted by atomic mass is 9.99. The van der Waals surface area contributed by atoms with Crippen LogP contribution in [0, 0.1) is 18.8 Å². The van der Waals surface area contributed by atoms with E-state index in [-0.39, 0.29) is 0 Å². The number of aromatic nitrogens is 1. The summed E-state index contributed by atoms with van der Waals surface area (Å²) in [5, 5.41) is 0. The highest BCUT2D eigenvalue weighted by atomic mass is 79.9. The lowest BCUT2D eigenvalue weighted by molar-refractivity contribution is 0.500. The Morgan fingerprint density at radius 3 is 2.86 bits per heavy atom. The predicted octanol–water partition coefficient (Wildman–Crippen LogP) is 3.74. The Bertz CT molecular complexity index is 331. The van der Waals surface area contributed by atoms with E-state index in [0.29, 0.717) is 0 Å². The molecule has 1 heterocycles. The van der Waals surface area contributed by atoms with Crippen molar-refractivity contribution in [2.45, 2.75) is 33.1 Å². The number of nitrogens with zero attached hydrogens (tertiary/aromatic N) is 1. The molecule has 14 heavy (non-hydrogen) atoms. The summed E-state index contributed by atoms with van der Waals surface area (Å²) >= 11 is 3.47. The molecule has 0 saturated heterocycles. The molecule has 0 radical (unpaired) electrons. The molecule has 0 bridgehead atoms. The molecule has 0 unspecified atom stereocenters. The molecule has 1 aromatic heterocycles. The van der Waals surface area contributed by atoms with Gasteiger partial charge in [0.15, 0.2) is 0 Å². The molecular formula is C12H16BrN. The van der Waals surface area contributed by atoms with E-state index in [0.717, 1.165) is 22.7 Å². The molecule has 1 atom stereocenters. The first-order valence-electron chi connectivity index (χ1n) is 5.28. The lowest BCUT2D eigenvalue weighted by Crippen LogP contribution is -2.03. The molecule has 0 N–H and O–H groups in total. The molecule has 2 rings (SSSR count). The molecule has 76 valence electrons. The Kier molecular flexibility index (Phi) is 2.91. The summed E-state index contributed by atoms with van der Waals surface area (Å²) in [5.74, 6) is 1.78. The average Bonchev–Trinajstić information content (AvgIpc) is 2.94. The van der Waals surface area contributed by atoms with Gasteiger partial charge >= 0.3 is 0 Å². The van der Waals surface area contributed by atoms with Crippen LogP contribution in [0.2, 0.25) is 0 Å².